The third-order valence-electron chi connectivity index (χ3n) is 1.66. The summed E-state index contributed by atoms with van der Waals surface area (Å²) in [5.74, 6) is 0.875. The Balaban J connectivity index is 2.80. The molecule has 0 aliphatic rings. The first-order valence-electron chi connectivity index (χ1n) is 4.54. The van der Waals surface area contributed by atoms with Crippen LogP contribution in [0.15, 0.2) is 0 Å². The number of unbranched alkanes of at least 4 members (excludes halogenated alkanes) is 1. The van der Waals surface area contributed by atoms with Crippen molar-refractivity contribution in [3.05, 3.63) is 0 Å². The molecule has 0 saturated carbocycles. The minimum atomic E-state index is 0.875. The highest BCUT2D eigenvalue weighted by Gasteiger charge is 1.92. The van der Waals surface area contributed by atoms with E-state index in [1.807, 2.05) is 0 Å². The number of alkyl halides is 1. The molecule has 0 amide bonds. The first-order valence-corrected chi connectivity index (χ1v) is 6.06. The second-order valence-electron chi connectivity index (χ2n) is 3.33. The molecule has 0 aromatic rings. The van der Waals surface area contributed by atoms with Gasteiger partial charge in [0.1, 0.15) is 0 Å². The lowest BCUT2D eigenvalue weighted by atomic mass is 10.1. The van der Waals surface area contributed by atoms with Crippen molar-refractivity contribution in [3.8, 4) is 0 Å². The van der Waals surface area contributed by atoms with Crippen molar-refractivity contribution in [2.45, 2.75) is 33.1 Å². The Labute approximate surface area is 84.5 Å². The third-order valence-corrected chi connectivity index (χ3v) is 2.20. The summed E-state index contributed by atoms with van der Waals surface area (Å²) in [5.41, 5.74) is 0. The van der Waals surface area contributed by atoms with Gasteiger partial charge in [0.15, 0.2) is 0 Å². The van der Waals surface area contributed by atoms with Crippen LogP contribution in [-0.4, -0.2) is 17.5 Å². The quantitative estimate of drug-likeness (QED) is 0.426. The van der Waals surface area contributed by atoms with Crippen molar-refractivity contribution in [1.29, 1.82) is 0 Å². The standard InChI is InChI=1S/C9H20IN/c1-9(2)5-3-4-7-11-8-6-10/h9,11H,3-8H2,1-2H3. The number of hydrogen-bond donors (Lipinski definition) is 1. The normalized spacial score (nSPS) is 10.9. The molecule has 0 unspecified atom stereocenters. The Morgan fingerprint density at radius 1 is 1.18 bits per heavy atom. The fourth-order valence-electron chi connectivity index (χ4n) is 0.994. The van der Waals surface area contributed by atoms with Crippen molar-refractivity contribution in [2.75, 3.05) is 17.5 Å². The summed E-state index contributed by atoms with van der Waals surface area (Å²) in [5, 5.41) is 3.40. The first kappa shape index (κ1) is 11.7. The van der Waals surface area contributed by atoms with E-state index < -0.39 is 0 Å². The maximum Gasteiger partial charge on any atom is 0.0121 e. The summed E-state index contributed by atoms with van der Waals surface area (Å²) in [6, 6.07) is 0. The molecule has 0 radical (unpaired) electrons. The Morgan fingerprint density at radius 3 is 2.45 bits per heavy atom. The Kier molecular flexibility index (Phi) is 9.33. The summed E-state index contributed by atoms with van der Waals surface area (Å²) in [6.45, 7) is 6.95. The molecule has 0 aromatic heterocycles. The van der Waals surface area contributed by atoms with E-state index in [4.69, 9.17) is 0 Å². The predicted octanol–water partition coefficient (Wildman–Crippen LogP) is 2.84. The molecule has 0 aliphatic heterocycles. The van der Waals surface area contributed by atoms with Gasteiger partial charge in [0.25, 0.3) is 0 Å². The molecule has 2 heteroatoms. The lowest BCUT2D eigenvalue weighted by Crippen LogP contribution is -2.17. The van der Waals surface area contributed by atoms with E-state index in [-0.39, 0.29) is 0 Å². The number of rotatable bonds is 7. The van der Waals surface area contributed by atoms with Crippen molar-refractivity contribution < 1.29 is 0 Å². The summed E-state index contributed by atoms with van der Waals surface area (Å²) >= 11 is 2.40. The summed E-state index contributed by atoms with van der Waals surface area (Å²) < 4.78 is 1.22. The average Bonchev–Trinajstić information content (AvgIpc) is 1.96. The zero-order chi connectivity index (χ0) is 8.53. The van der Waals surface area contributed by atoms with E-state index in [0.717, 1.165) is 5.92 Å². The van der Waals surface area contributed by atoms with Crippen LogP contribution in [0.25, 0.3) is 0 Å². The molecule has 0 bridgehead atoms. The van der Waals surface area contributed by atoms with Gasteiger partial charge in [-0.05, 0) is 18.9 Å². The molecule has 1 N–H and O–H groups in total. The van der Waals surface area contributed by atoms with Gasteiger partial charge in [-0.15, -0.1) is 0 Å². The van der Waals surface area contributed by atoms with Crippen LogP contribution in [0.3, 0.4) is 0 Å². The smallest absolute Gasteiger partial charge is 0.0121 e. The van der Waals surface area contributed by atoms with Gasteiger partial charge < -0.3 is 5.32 Å². The van der Waals surface area contributed by atoms with Crippen molar-refractivity contribution in [3.63, 3.8) is 0 Å². The maximum atomic E-state index is 3.40. The molecule has 68 valence electrons. The monoisotopic (exact) mass is 269 g/mol. The molecule has 0 fully saturated rings. The highest BCUT2D eigenvalue weighted by Crippen LogP contribution is 2.04. The number of hydrogen-bond acceptors (Lipinski definition) is 1. The van der Waals surface area contributed by atoms with E-state index >= 15 is 0 Å². The van der Waals surface area contributed by atoms with Gasteiger partial charge in [-0.25, -0.2) is 0 Å². The van der Waals surface area contributed by atoms with E-state index in [2.05, 4.69) is 41.8 Å². The average molecular weight is 269 g/mol. The van der Waals surface area contributed by atoms with Crippen molar-refractivity contribution in [1.82, 2.24) is 5.32 Å². The maximum absolute atomic E-state index is 3.40. The molecular formula is C9H20IN. The lowest BCUT2D eigenvalue weighted by Gasteiger charge is -2.04. The number of halogens is 1. The fourth-order valence-corrected chi connectivity index (χ4v) is 1.38. The fraction of sp³-hybridized carbons (Fsp3) is 1.00. The van der Waals surface area contributed by atoms with Crippen molar-refractivity contribution in [2.24, 2.45) is 5.92 Å². The van der Waals surface area contributed by atoms with Crippen LogP contribution < -0.4 is 5.32 Å². The summed E-state index contributed by atoms with van der Waals surface area (Å²) in [7, 11) is 0. The van der Waals surface area contributed by atoms with E-state index in [9.17, 15) is 0 Å². The molecule has 0 aromatic carbocycles. The molecule has 0 saturated heterocycles. The zero-order valence-corrected chi connectivity index (χ0v) is 9.86. The van der Waals surface area contributed by atoms with Crippen LogP contribution in [0.2, 0.25) is 0 Å². The van der Waals surface area contributed by atoms with Gasteiger partial charge in [0.05, 0.1) is 0 Å². The Hall–Kier alpha value is 0.690. The van der Waals surface area contributed by atoms with Gasteiger partial charge in [0.2, 0.25) is 0 Å². The van der Waals surface area contributed by atoms with Gasteiger partial charge in [-0.1, -0.05) is 49.3 Å². The molecular weight excluding hydrogens is 249 g/mol. The predicted molar refractivity (Wildman–Crippen MR) is 60.4 cm³/mol. The van der Waals surface area contributed by atoms with Crippen LogP contribution >= 0.6 is 22.6 Å². The Bertz CT molecular complexity index is 74.0. The Morgan fingerprint density at radius 2 is 1.91 bits per heavy atom. The second kappa shape index (κ2) is 8.78. The molecule has 0 heterocycles. The van der Waals surface area contributed by atoms with Gasteiger partial charge in [-0.2, -0.15) is 0 Å². The minimum absolute atomic E-state index is 0.875. The topological polar surface area (TPSA) is 12.0 Å². The van der Waals surface area contributed by atoms with Crippen LogP contribution in [0, 0.1) is 5.92 Å². The molecule has 0 spiro atoms. The van der Waals surface area contributed by atoms with Crippen LogP contribution in [0.4, 0.5) is 0 Å². The zero-order valence-electron chi connectivity index (χ0n) is 7.70. The molecule has 0 atom stereocenters. The largest absolute Gasteiger partial charge is 0.316 e. The SMILES string of the molecule is CC(C)CCCCNCCI. The third kappa shape index (κ3) is 10.7. The van der Waals surface area contributed by atoms with E-state index in [1.54, 1.807) is 0 Å². The second-order valence-corrected chi connectivity index (χ2v) is 4.41. The van der Waals surface area contributed by atoms with Crippen LogP contribution in [-0.2, 0) is 0 Å². The van der Waals surface area contributed by atoms with E-state index in [1.165, 1.54) is 36.8 Å². The summed E-state index contributed by atoms with van der Waals surface area (Å²) in [6.07, 6.45) is 4.10. The molecule has 0 aliphatic carbocycles. The van der Waals surface area contributed by atoms with Gasteiger partial charge in [-0.3, -0.25) is 0 Å². The van der Waals surface area contributed by atoms with Crippen LogP contribution in [0.1, 0.15) is 33.1 Å². The molecule has 1 nitrogen and oxygen atoms in total. The lowest BCUT2D eigenvalue weighted by molar-refractivity contribution is 0.525. The van der Waals surface area contributed by atoms with E-state index in [0.29, 0.717) is 0 Å². The number of nitrogens with one attached hydrogen (secondary N) is 1. The molecule has 11 heavy (non-hydrogen) atoms. The summed E-state index contributed by atoms with van der Waals surface area (Å²) in [4.78, 5) is 0. The molecule has 0 rings (SSSR count). The first-order chi connectivity index (χ1) is 5.27. The van der Waals surface area contributed by atoms with Crippen LogP contribution in [0.5, 0.6) is 0 Å². The van der Waals surface area contributed by atoms with Gasteiger partial charge >= 0.3 is 0 Å². The van der Waals surface area contributed by atoms with Gasteiger partial charge in [0, 0.05) is 11.0 Å². The highest BCUT2D eigenvalue weighted by atomic mass is 127. The highest BCUT2D eigenvalue weighted by molar-refractivity contribution is 14.1. The minimum Gasteiger partial charge on any atom is -0.316 e. The van der Waals surface area contributed by atoms with Crippen molar-refractivity contribution >= 4 is 22.6 Å².